The van der Waals surface area contributed by atoms with E-state index >= 15 is 0 Å². The summed E-state index contributed by atoms with van der Waals surface area (Å²) < 4.78 is 5.16. The maximum atomic E-state index is 13.1. The molecular weight excluding hydrogens is 268 g/mol. The lowest BCUT2D eigenvalue weighted by Crippen LogP contribution is -2.76. The molecule has 1 spiro atoms. The molecule has 1 saturated carbocycles. The molecule has 2 aliphatic rings. The summed E-state index contributed by atoms with van der Waals surface area (Å²) in [7, 11) is 1.63. The fourth-order valence-corrected chi connectivity index (χ4v) is 3.91. The standard InChI is InChI=1S/C16H28N2O3/c1-4-16(5-2)13(19)17-15(9-7-6-8-10-15)14(20)18(16)11-12-21-3/h4-12H2,1-3H3,(H,17,19). The molecule has 0 aromatic carbocycles. The topological polar surface area (TPSA) is 58.6 Å². The van der Waals surface area contributed by atoms with Crippen LogP contribution in [0.4, 0.5) is 0 Å². The fourth-order valence-electron chi connectivity index (χ4n) is 3.91. The largest absolute Gasteiger partial charge is 0.383 e. The van der Waals surface area contributed by atoms with E-state index < -0.39 is 11.1 Å². The van der Waals surface area contributed by atoms with Gasteiger partial charge in [0.05, 0.1) is 6.61 Å². The zero-order valence-corrected chi connectivity index (χ0v) is 13.5. The van der Waals surface area contributed by atoms with Crippen molar-refractivity contribution in [1.82, 2.24) is 10.2 Å². The molecule has 120 valence electrons. The molecule has 5 nitrogen and oxygen atoms in total. The number of nitrogens with zero attached hydrogens (tertiary/aromatic N) is 1. The van der Waals surface area contributed by atoms with Gasteiger partial charge in [0.2, 0.25) is 11.8 Å². The van der Waals surface area contributed by atoms with Crippen molar-refractivity contribution >= 4 is 11.8 Å². The summed E-state index contributed by atoms with van der Waals surface area (Å²) >= 11 is 0. The van der Waals surface area contributed by atoms with Crippen LogP contribution in [-0.4, -0.2) is 48.1 Å². The first kappa shape index (κ1) is 16.3. The lowest BCUT2D eigenvalue weighted by molar-refractivity contribution is -0.166. The smallest absolute Gasteiger partial charge is 0.249 e. The van der Waals surface area contributed by atoms with Crippen LogP contribution < -0.4 is 5.32 Å². The van der Waals surface area contributed by atoms with Crippen LogP contribution in [0.2, 0.25) is 0 Å². The Morgan fingerprint density at radius 2 is 1.76 bits per heavy atom. The Morgan fingerprint density at radius 3 is 2.29 bits per heavy atom. The van der Waals surface area contributed by atoms with Crippen LogP contribution in [0.5, 0.6) is 0 Å². The van der Waals surface area contributed by atoms with Gasteiger partial charge in [-0.3, -0.25) is 9.59 Å². The van der Waals surface area contributed by atoms with E-state index in [0.29, 0.717) is 26.0 Å². The van der Waals surface area contributed by atoms with Crippen LogP contribution in [0.25, 0.3) is 0 Å². The lowest BCUT2D eigenvalue weighted by Gasteiger charge is -2.53. The van der Waals surface area contributed by atoms with Gasteiger partial charge in [-0.05, 0) is 25.7 Å². The number of carbonyl (C=O) groups is 2. The zero-order valence-electron chi connectivity index (χ0n) is 13.5. The van der Waals surface area contributed by atoms with Crippen LogP contribution in [0.1, 0.15) is 58.8 Å². The van der Waals surface area contributed by atoms with Crippen LogP contribution >= 0.6 is 0 Å². The van der Waals surface area contributed by atoms with Crippen molar-refractivity contribution in [2.24, 2.45) is 0 Å². The molecule has 0 radical (unpaired) electrons. The van der Waals surface area contributed by atoms with Crippen LogP contribution in [-0.2, 0) is 14.3 Å². The Bertz CT molecular complexity index is 398. The highest BCUT2D eigenvalue weighted by Gasteiger charge is 2.56. The second-order valence-corrected chi connectivity index (χ2v) is 6.29. The van der Waals surface area contributed by atoms with Gasteiger partial charge in [0.1, 0.15) is 11.1 Å². The first-order valence-corrected chi connectivity index (χ1v) is 8.20. The van der Waals surface area contributed by atoms with E-state index in [1.54, 1.807) is 12.0 Å². The minimum atomic E-state index is -0.710. The number of amides is 2. The van der Waals surface area contributed by atoms with E-state index in [1.807, 2.05) is 13.8 Å². The zero-order chi connectivity index (χ0) is 15.5. The Kier molecular flexibility index (Phi) is 4.91. The normalized spacial score (nSPS) is 24.2. The van der Waals surface area contributed by atoms with Gasteiger partial charge >= 0.3 is 0 Å². The van der Waals surface area contributed by atoms with Gasteiger partial charge in [-0.25, -0.2) is 0 Å². The molecule has 2 rings (SSSR count). The summed E-state index contributed by atoms with van der Waals surface area (Å²) in [4.78, 5) is 27.8. The van der Waals surface area contributed by atoms with Gasteiger partial charge in [-0.1, -0.05) is 33.1 Å². The van der Waals surface area contributed by atoms with E-state index in [4.69, 9.17) is 4.74 Å². The number of ether oxygens (including phenoxy) is 1. The number of rotatable bonds is 5. The van der Waals surface area contributed by atoms with Gasteiger partial charge in [0, 0.05) is 13.7 Å². The van der Waals surface area contributed by atoms with Crippen LogP contribution in [0.15, 0.2) is 0 Å². The average molecular weight is 296 g/mol. The Morgan fingerprint density at radius 1 is 1.14 bits per heavy atom. The summed E-state index contributed by atoms with van der Waals surface area (Å²) in [6, 6.07) is 0. The number of hydrogen-bond acceptors (Lipinski definition) is 3. The van der Waals surface area contributed by atoms with Crippen molar-refractivity contribution in [2.45, 2.75) is 69.9 Å². The minimum Gasteiger partial charge on any atom is -0.383 e. The summed E-state index contributed by atoms with van der Waals surface area (Å²) in [6.45, 7) is 4.92. The summed E-state index contributed by atoms with van der Waals surface area (Å²) in [5.41, 5.74) is -1.37. The lowest BCUT2D eigenvalue weighted by atomic mass is 9.74. The Balaban J connectivity index is 2.35. The number of hydrogen-bond donors (Lipinski definition) is 1. The maximum absolute atomic E-state index is 13.1. The van der Waals surface area contributed by atoms with Crippen LogP contribution in [0.3, 0.4) is 0 Å². The van der Waals surface area contributed by atoms with Crippen molar-refractivity contribution in [2.75, 3.05) is 20.3 Å². The molecular formula is C16H28N2O3. The fraction of sp³-hybridized carbons (Fsp3) is 0.875. The second kappa shape index (κ2) is 6.34. The molecule has 0 bridgehead atoms. The Labute approximate surface area is 127 Å². The molecule has 0 atom stereocenters. The molecule has 0 aromatic rings. The SMILES string of the molecule is CCC1(CC)C(=O)NC2(CCCCC2)C(=O)N1CCOC. The quantitative estimate of drug-likeness (QED) is 0.842. The highest BCUT2D eigenvalue weighted by molar-refractivity contribution is 6.02. The predicted molar refractivity (Wildman–Crippen MR) is 80.9 cm³/mol. The third-order valence-electron chi connectivity index (χ3n) is 5.34. The molecule has 1 aliphatic heterocycles. The van der Waals surface area contributed by atoms with E-state index in [1.165, 1.54) is 0 Å². The first-order chi connectivity index (χ1) is 10.1. The van der Waals surface area contributed by atoms with Crippen molar-refractivity contribution < 1.29 is 14.3 Å². The van der Waals surface area contributed by atoms with E-state index in [-0.39, 0.29) is 11.8 Å². The van der Waals surface area contributed by atoms with E-state index in [9.17, 15) is 9.59 Å². The summed E-state index contributed by atoms with van der Waals surface area (Å²) in [6.07, 6.45) is 5.98. The number of methoxy groups -OCH3 is 1. The molecule has 2 amide bonds. The predicted octanol–water partition coefficient (Wildman–Crippen LogP) is 1.85. The van der Waals surface area contributed by atoms with Crippen molar-refractivity contribution in [1.29, 1.82) is 0 Å². The van der Waals surface area contributed by atoms with Crippen molar-refractivity contribution in [3.8, 4) is 0 Å². The molecule has 1 heterocycles. The molecule has 0 aromatic heterocycles. The highest BCUT2D eigenvalue weighted by Crippen LogP contribution is 2.38. The third-order valence-corrected chi connectivity index (χ3v) is 5.34. The summed E-state index contributed by atoms with van der Waals surface area (Å²) in [5, 5.41) is 3.11. The first-order valence-electron chi connectivity index (χ1n) is 8.20. The van der Waals surface area contributed by atoms with Gasteiger partial charge in [-0.15, -0.1) is 0 Å². The van der Waals surface area contributed by atoms with Gasteiger partial charge < -0.3 is 15.0 Å². The molecule has 21 heavy (non-hydrogen) atoms. The van der Waals surface area contributed by atoms with E-state index in [2.05, 4.69) is 5.32 Å². The van der Waals surface area contributed by atoms with Gasteiger partial charge in [-0.2, -0.15) is 0 Å². The molecule has 5 heteroatoms. The highest BCUT2D eigenvalue weighted by atomic mass is 16.5. The Hall–Kier alpha value is -1.10. The minimum absolute atomic E-state index is 0.0186. The average Bonchev–Trinajstić information content (AvgIpc) is 2.51. The van der Waals surface area contributed by atoms with Gasteiger partial charge in [0.15, 0.2) is 0 Å². The maximum Gasteiger partial charge on any atom is 0.249 e. The van der Waals surface area contributed by atoms with E-state index in [0.717, 1.165) is 32.1 Å². The molecule has 2 fully saturated rings. The summed E-state index contributed by atoms with van der Waals surface area (Å²) in [5.74, 6) is 0.118. The van der Waals surface area contributed by atoms with Crippen molar-refractivity contribution in [3.05, 3.63) is 0 Å². The number of carbonyl (C=O) groups excluding carboxylic acids is 2. The van der Waals surface area contributed by atoms with Crippen LogP contribution in [0, 0.1) is 0 Å². The molecule has 0 unspecified atom stereocenters. The second-order valence-electron chi connectivity index (χ2n) is 6.29. The number of nitrogens with one attached hydrogen (secondary N) is 1. The van der Waals surface area contributed by atoms with Gasteiger partial charge in [0.25, 0.3) is 0 Å². The van der Waals surface area contributed by atoms with Crippen molar-refractivity contribution in [3.63, 3.8) is 0 Å². The molecule has 1 aliphatic carbocycles. The number of piperazine rings is 1. The molecule has 1 N–H and O–H groups in total. The third kappa shape index (κ3) is 2.56. The molecule has 1 saturated heterocycles. The monoisotopic (exact) mass is 296 g/mol.